The average molecular weight is 210 g/mol. The predicted octanol–water partition coefficient (Wildman–Crippen LogP) is -0.588. The minimum absolute atomic E-state index is 0.199. The van der Waals surface area contributed by atoms with Gasteiger partial charge in [0, 0.05) is 5.69 Å². The van der Waals surface area contributed by atoms with E-state index in [2.05, 4.69) is 4.98 Å². The lowest BCUT2D eigenvalue weighted by Crippen LogP contribution is -2.18. The molecule has 0 aliphatic carbocycles. The van der Waals surface area contributed by atoms with E-state index >= 15 is 0 Å². The number of nitrogens with one attached hydrogen (secondary N) is 2. The fraction of sp³-hybridized carbons (Fsp3) is 0.250. The van der Waals surface area contributed by atoms with Crippen molar-refractivity contribution in [2.24, 2.45) is 0 Å². The molecule has 12 heavy (non-hydrogen) atoms. The van der Waals surface area contributed by atoms with Gasteiger partial charge in [-0.2, -0.15) is 0 Å². The summed E-state index contributed by atoms with van der Waals surface area (Å²) in [6, 6.07) is 0. The summed E-state index contributed by atoms with van der Waals surface area (Å²) in [6.45, 7) is 1.43. The Balaban J connectivity index is 3.39. The van der Waals surface area contributed by atoms with Crippen LogP contribution in [0.15, 0.2) is 9.00 Å². The normalized spacial score (nSPS) is 11.8. The van der Waals surface area contributed by atoms with Crippen LogP contribution in [-0.4, -0.2) is 18.6 Å². The number of rotatable bonds is 2. The highest BCUT2D eigenvalue weighted by atomic mass is 32.2. The van der Waals surface area contributed by atoms with Gasteiger partial charge in [-0.15, -0.1) is 0 Å². The lowest BCUT2D eigenvalue weighted by molar-refractivity contribution is 0.243. The maximum Gasteiger partial charge on any atom is 0.305 e. The van der Waals surface area contributed by atoms with Crippen LogP contribution in [0.5, 0.6) is 0 Å². The van der Waals surface area contributed by atoms with Crippen molar-refractivity contribution in [2.45, 2.75) is 11.1 Å². The van der Waals surface area contributed by atoms with Crippen LogP contribution in [0, 0.1) is 6.92 Å². The third-order valence-electron chi connectivity index (χ3n) is 1.15. The predicted molar refractivity (Wildman–Crippen MR) is 41.8 cm³/mol. The van der Waals surface area contributed by atoms with Gasteiger partial charge in [0.15, 0.2) is 4.21 Å². The zero-order valence-electron chi connectivity index (χ0n) is 5.99. The summed E-state index contributed by atoms with van der Waals surface area (Å²) in [5.41, 5.74) is 0.214. The summed E-state index contributed by atoms with van der Waals surface area (Å²) in [7, 11) is -3.92. The Hall–Kier alpha value is -0.700. The van der Waals surface area contributed by atoms with E-state index in [4.69, 9.17) is 5.21 Å². The molecule has 3 N–H and O–H groups in total. The number of hydrogen-bond acceptors (Lipinski definition) is 5. The third-order valence-corrected chi connectivity index (χ3v) is 3.87. The summed E-state index contributed by atoms with van der Waals surface area (Å²) in [6.07, 6.45) is 0. The molecular formula is C4H6N2O4S2. The Morgan fingerprint density at radius 1 is 1.58 bits per heavy atom. The molecule has 0 saturated carbocycles. The fourth-order valence-electron chi connectivity index (χ4n) is 0.688. The van der Waals surface area contributed by atoms with Crippen LogP contribution in [0.1, 0.15) is 5.69 Å². The third kappa shape index (κ3) is 1.55. The molecule has 0 aliphatic rings. The van der Waals surface area contributed by atoms with Gasteiger partial charge in [0.2, 0.25) is 0 Å². The smallest absolute Gasteiger partial charge is 0.305 e. The van der Waals surface area contributed by atoms with Gasteiger partial charge >= 0.3 is 4.87 Å². The molecule has 0 atom stereocenters. The SMILES string of the molecule is Cc1[nH]c(=O)sc1S(=O)(=O)NO. The van der Waals surface area contributed by atoms with E-state index in [0.29, 0.717) is 11.3 Å². The van der Waals surface area contributed by atoms with E-state index in [1.54, 1.807) is 0 Å². The molecule has 0 spiro atoms. The van der Waals surface area contributed by atoms with Crippen LogP contribution in [0.2, 0.25) is 0 Å². The van der Waals surface area contributed by atoms with Gasteiger partial charge in [0.05, 0.1) is 0 Å². The molecule has 0 radical (unpaired) electrons. The van der Waals surface area contributed by atoms with Gasteiger partial charge in [0.25, 0.3) is 10.0 Å². The maximum atomic E-state index is 10.9. The number of sulfonamides is 1. The highest BCUT2D eigenvalue weighted by Gasteiger charge is 2.18. The van der Waals surface area contributed by atoms with Crippen molar-refractivity contribution < 1.29 is 13.6 Å². The van der Waals surface area contributed by atoms with Gasteiger partial charge in [0.1, 0.15) is 0 Å². The number of aromatic nitrogens is 1. The van der Waals surface area contributed by atoms with E-state index < -0.39 is 14.9 Å². The Labute approximate surface area is 71.9 Å². The summed E-state index contributed by atoms with van der Waals surface area (Å²) in [5, 5.41) is 8.23. The molecule has 0 saturated heterocycles. The van der Waals surface area contributed by atoms with Gasteiger partial charge in [-0.3, -0.25) is 4.79 Å². The molecule has 0 fully saturated rings. The Morgan fingerprint density at radius 2 is 2.17 bits per heavy atom. The summed E-state index contributed by atoms with van der Waals surface area (Å²) < 4.78 is 21.7. The molecule has 1 aromatic heterocycles. The Bertz CT molecular complexity index is 428. The second-order valence-corrected chi connectivity index (χ2v) is 4.86. The number of thiazole rings is 1. The zero-order valence-corrected chi connectivity index (χ0v) is 7.62. The largest absolute Gasteiger partial charge is 0.315 e. The molecule has 1 rings (SSSR count). The van der Waals surface area contributed by atoms with Gasteiger partial charge in [-0.05, 0) is 6.92 Å². The van der Waals surface area contributed by atoms with Crippen molar-refractivity contribution in [1.29, 1.82) is 0 Å². The van der Waals surface area contributed by atoms with Crippen molar-refractivity contribution in [2.75, 3.05) is 0 Å². The first kappa shape index (κ1) is 9.39. The first-order valence-corrected chi connectivity index (χ1v) is 5.13. The van der Waals surface area contributed by atoms with Crippen LogP contribution < -0.4 is 9.76 Å². The zero-order chi connectivity index (χ0) is 9.35. The topological polar surface area (TPSA) is 99.3 Å². The van der Waals surface area contributed by atoms with Crippen LogP contribution in [-0.2, 0) is 10.0 Å². The van der Waals surface area contributed by atoms with E-state index in [-0.39, 0.29) is 9.90 Å². The van der Waals surface area contributed by atoms with Crippen molar-refractivity contribution in [3.05, 3.63) is 15.4 Å². The number of hydrogen-bond donors (Lipinski definition) is 3. The van der Waals surface area contributed by atoms with E-state index in [1.165, 1.54) is 6.92 Å². The monoisotopic (exact) mass is 210 g/mol. The first-order valence-electron chi connectivity index (χ1n) is 2.83. The molecule has 0 aromatic carbocycles. The molecule has 0 unspecified atom stereocenters. The highest BCUT2D eigenvalue weighted by Crippen LogP contribution is 2.14. The molecule has 1 heterocycles. The molecule has 8 heteroatoms. The lowest BCUT2D eigenvalue weighted by atomic mass is 10.6. The Kier molecular flexibility index (Phi) is 2.33. The van der Waals surface area contributed by atoms with Crippen molar-refractivity contribution >= 4 is 21.4 Å². The highest BCUT2D eigenvalue weighted by molar-refractivity contribution is 7.91. The maximum absolute atomic E-state index is 10.9. The van der Waals surface area contributed by atoms with Crippen molar-refractivity contribution in [3.63, 3.8) is 0 Å². The molecule has 0 bridgehead atoms. The summed E-state index contributed by atoms with van der Waals surface area (Å²) in [5.74, 6) is 0. The molecule has 68 valence electrons. The van der Waals surface area contributed by atoms with Crippen LogP contribution in [0.3, 0.4) is 0 Å². The van der Waals surface area contributed by atoms with Crippen LogP contribution in [0.4, 0.5) is 0 Å². The van der Waals surface area contributed by atoms with Gasteiger partial charge < -0.3 is 10.2 Å². The molecule has 6 nitrogen and oxygen atoms in total. The minimum atomic E-state index is -3.92. The number of aromatic amines is 1. The van der Waals surface area contributed by atoms with Crippen molar-refractivity contribution in [1.82, 2.24) is 9.87 Å². The van der Waals surface area contributed by atoms with Gasteiger partial charge in [-0.25, -0.2) is 8.42 Å². The van der Waals surface area contributed by atoms with E-state index in [0.717, 1.165) is 4.89 Å². The second kappa shape index (κ2) is 2.98. The first-order chi connectivity index (χ1) is 5.47. The molecule has 0 amide bonds. The van der Waals surface area contributed by atoms with E-state index in [1.807, 2.05) is 0 Å². The lowest BCUT2D eigenvalue weighted by Gasteiger charge is -1.96. The fourth-order valence-corrected chi connectivity index (χ4v) is 2.58. The molecule has 1 aromatic rings. The Morgan fingerprint density at radius 3 is 2.50 bits per heavy atom. The number of H-pyrrole nitrogens is 1. The van der Waals surface area contributed by atoms with Crippen molar-refractivity contribution in [3.8, 4) is 0 Å². The molecule has 0 aliphatic heterocycles. The standard InChI is InChI=1S/C4H6N2O4S2/c1-2-3(11-4(7)5-2)12(9,10)6-8/h6,8H,1H3,(H,5,7). The summed E-state index contributed by atoms with van der Waals surface area (Å²) >= 11 is 0.524. The average Bonchev–Trinajstić information content (AvgIpc) is 2.31. The quantitative estimate of drug-likeness (QED) is 0.568. The van der Waals surface area contributed by atoms with Gasteiger partial charge in [-0.1, -0.05) is 16.2 Å². The summed E-state index contributed by atoms with van der Waals surface area (Å²) in [4.78, 5) is 13.6. The van der Waals surface area contributed by atoms with Crippen LogP contribution in [0.25, 0.3) is 0 Å². The number of aryl methyl sites for hydroxylation is 1. The molecular weight excluding hydrogens is 204 g/mol. The van der Waals surface area contributed by atoms with Crippen LogP contribution >= 0.6 is 11.3 Å². The minimum Gasteiger partial charge on any atom is -0.315 e. The second-order valence-electron chi connectivity index (χ2n) is 2.02. The van der Waals surface area contributed by atoms with E-state index in [9.17, 15) is 13.2 Å².